The molecule has 0 amide bonds. The van der Waals surface area contributed by atoms with Crippen molar-refractivity contribution in [2.75, 3.05) is 0 Å². The lowest BCUT2D eigenvalue weighted by molar-refractivity contribution is 0.235. The van der Waals surface area contributed by atoms with Gasteiger partial charge in [0.05, 0.1) is 0 Å². The van der Waals surface area contributed by atoms with Gasteiger partial charge in [0.15, 0.2) is 0 Å². The second-order valence-electron chi connectivity index (χ2n) is 7.64. The van der Waals surface area contributed by atoms with E-state index in [1.165, 1.54) is 19.3 Å². The van der Waals surface area contributed by atoms with Crippen LogP contribution in [0.25, 0.3) is 0 Å². The lowest BCUT2D eigenvalue weighted by Gasteiger charge is -2.26. The van der Waals surface area contributed by atoms with Gasteiger partial charge in [0.1, 0.15) is 0 Å². The van der Waals surface area contributed by atoms with Crippen LogP contribution in [0.1, 0.15) is 60.8 Å². The fourth-order valence-corrected chi connectivity index (χ4v) is 4.58. The molecule has 0 heterocycles. The SMILES string of the molecule is CC(C)C1CC2(CC1C(C)C)CC2C(C)C. The molecule has 2 rings (SSSR count). The van der Waals surface area contributed by atoms with E-state index < -0.39 is 0 Å². The molecule has 0 heteroatoms. The normalized spacial score (nSPS) is 42.9. The third kappa shape index (κ3) is 1.93. The maximum absolute atomic E-state index is 2.44. The molecule has 1 spiro atoms. The molecule has 0 aromatic heterocycles. The zero-order valence-corrected chi connectivity index (χ0v) is 12.1. The number of hydrogen-bond donors (Lipinski definition) is 0. The molecule has 3 atom stereocenters. The summed E-state index contributed by atoms with van der Waals surface area (Å²) in [5.41, 5.74) is 0.790. The van der Waals surface area contributed by atoms with E-state index in [1.54, 1.807) is 0 Å². The summed E-state index contributed by atoms with van der Waals surface area (Å²) in [5.74, 6) is 5.75. The average Bonchev–Trinajstić information content (AvgIpc) is 2.68. The van der Waals surface area contributed by atoms with Crippen LogP contribution in [0.3, 0.4) is 0 Å². The molecule has 0 aliphatic heterocycles. The summed E-state index contributed by atoms with van der Waals surface area (Å²) in [7, 11) is 0. The zero-order chi connectivity index (χ0) is 12.1. The molecular weight excluding hydrogens is 192 g/mol. The van der Waals surface area contributed by atoms with Crippen molar-refractivity contribution in [1.82, 2.24) is 0 Å². The zero-order valence-electron chi connectivity index (χ0n) is 12.1. The Balaban J connectivity index is 2.08. The van der Waals surface area contributed by atoms with E-state index in [9.17, 15) is 0 Å². The van der Waals surface area contributed by atoms with Crippen LogP contribution >= 0.6 is 0 Å². The van der Waals surface area contributed by atoms with Crippen LogP contribution in [0, 0.1) is 40.9 Å². The third-order valence-electron chi connectivity index (χ3n) is 5.60. The summed E-state index contributed by atoms with van der Waals surface area (Å²) in [5, 5.41) is 0. The molecule has 0 saturated heterocycles. The maximum Gasteiger partial charge on any atom is -0.0258 e. The van der Waals surface area contributed by atoms with Crippen molar-refractivity contribution in [2.45, 2.75) is 60.8 Å². The van der Waals surface area contributed by atoms with E-state index in [2.05, 4.69) is 41.5 Å². The van der Waals surface area contributed by atoms with Gasteiger partial charge in [0, 0.05) is 0 Å². The standard InChI is InChI=1S/C16H30/c1-10(2)13-7-16(8-14(13)11(3)4)9-15(16)12(5)6/h10-15H,7-9H2,1-6H3. The van der Waals surface area contributed by atoms with Crippen molar-refractivity contribution in [3.8, 4) is 0 Å². The van der Waals surface area contributed by atoms with Gasteiger partial charge in [0.2, 0.25) is 0 Å². The fraction of sp³-hybridized carbons (Fsp3) is 1.00. The van der Waals surface area contributed by atoms with Crippen molar-refractivity contribution >= 4 is 0 Å². The fourth-order valence-electron chi connectivity index (χ4n) is 4.58. The highest BCUT2D eigenvalue weighted by molar-refractivity contribution is 5.10. The van der Waals surface area contributed by atoms with Gasteiger partial charge in [-0.3, -0.25) is 0 Å². The van der Waals surface area contributed by atoms with Crippen LogP contribution < -0.4 is 0 Å². The first-order valence-electron chi connectivity index (χ1n) is 7.37. The molecule has 16 heavy (non-hydrogen) atoms. The number of rotatable bonds is 3. The van der Waals surface area contributed by atoms with Gasteiger partial charge in [0.25, 0.3) is 0 Å². The van der Waals surface area contributed by atoms with Crippen molar-refractivity contribution in [3.05, 3.63) is 0 Å². The number of hydrogen-bond acceptors (Lipinski definition) is 0. The lowest BCUT2D eigenvalue weighted by Crippen LogP contribution is -2.18. The quantitative estimate of drug-likeness (QED) is 0.631. The Kier molecular flexibility index (Phi) is 3.14. The van der Waals surface area contributed by atoms with Crippen molar-refractivity contribution in [3.63, 3.8) is 0 Å². The first kappa shape index (κ1) is 12.5. The molecule has 94 valence electrons. The Bertz CT molecular complexity index is 233. The second-order valence-corrected chi connectivity index (χ2v) is 7.64. The maximum atomic E-state index is 2.44. The summed E-state index contributed by atoms with van der Waals surface area (Å²) in [6.07, 6.45) is 4.61. The van der Waals surface area contributed by atoms with Crippen LogP contribution in [0.5, 0.6) is 0 Å². The predicted octanol–water partition coefficient (Wildman–Crippen LogP) is 4.99. The van der Waals surface area contributed by atoms with Crippen molar-refractivity contribution in [2.24, 2.45) is 40.9 Å². The summed E-state index contributed by atoms with van der Waals surface area (Å²) < 4.78 is 0. The largest absolute Gasteiger partial charge is 0.0625 e. The van der Waals surface area contributed by atoms with Gasteiger partial charge < -0.3 is 0 Å². The van der Waals surface area contributed by atoms with Gasteiger partial charge in [-0.2, -0.15) is 0 Å². The minimum absolute atomic E-state index is 0.790. The molecule has 0 aromatic carbocycles. The predicted molar refractivity (Wildman–Crippen MR) is 71.3 cm³/mol. The molecular formula is C16H30. The van der Waals surface area contributed by atoms with Crippen LogP contribution in [-0.4, -0.2) is 0 Å². The molecule has 0 aromatic rings. The average molecular weight is 222 g/mol. The molecule has 0 nitrogen and oxygen atoms in total. The Labute approximate surface area is 102 Å². The molecule has 2 fully saturated rings. The molecule has 2 saturated carbocycles. The van der Waals surface area contributed by atoms with E-state index in [-0.39, 0.29) is 0 Å². The molecule has 3 unspecified atom stereocenters. The highest BCUT2D eigenvalue weighted by atomic mass is 14.7. The summed E-state index contributed by atoms with van der Waals surface area (Å²) in [6, 6.07) is 0. The molecule has 0 bridgehead atoms. The van der Waals surface area contributed by atoms with Gasteiger partial charge in [-0.25, -0.2) is 0 Å². The van der Waals surface area contributed by atoms with E-state index in [1.807, 2.05) is 0 Å². The Morgan fingerprint density at radius 2 is 1.12 bits per heavy atom. The van der Waals surface area contributed by atoms with E-state index in [0.29, 0.717) is 0 Å². The van der Waals surface area contributed by atoms with Gasteiger partial charge in [-0.05, 0) is 60.2 Å². The minimum atomic E-state index is 0.790. The van der Waals surface area contributed by atoms with Gasteiger partial charge in [-0.1, -0.05) is 41.5 Å². The van der Waals surface area contributed by atoms with Crippen LogP contribution in [0.4, 0.5) is 0 Å². The van der Waals surface area contributed by atoms with Crippen molar-refractivity contribution < 1.29 is 0 Å². The molecule has 0 N–H and O–H groups in total. The van der Waals surface area contributed by atoms with Crippen LogP contribution in [0.2, 0.25) is 0 Å². The first-order valence-corrected chi connectivity index (χ1v) is 7.37. The van der Waals surface area contributed by atoms with Gasteiger partial charge in [-0.15, -0.1) is 0 Å². The highest BCUT2D eigenvalue weighted by Crippen LogP contribution is 2.69. The highest BCUT2D eigenvalue weighted by Gasteiger charge is 2.61. The van der Waals surface area contributed by atoms with Crippen LogP contribution in [0.15, 0.2) is 0 Å². The Morgan fingerprint density at radius 1 is 0.688 bits per heavy atom. The van der Waals surface area contributed by atoms with Gasteiger partial charge >= 0.3 is 0 Å². The van der Waals surface area contributed by atoms with E-state index in [0.717, 1.165) is 40.9 Å². The van der Waals surface area contributed by atoms with Crippen LogP contribution in [-0.2, 0) is 0 Å². The Hall–Kier alpha value is 0. The Morgan fingerprint density at radius 3 is 1.38 bits per heavy atom. The lowest BCUT2D eigenvalue weighted by atomic mass is 9.80. The van der Waals surface area contributed by atoms with Crippen molar-refractivity contribution in [1.29, 1.82) is 0 Å². The van der Waals surface area contributed by atoms with E-state index in [4.69, 9.17) is 0 Å². The molecule has 0 radical (unpaired) electrons. The first-order chi connectivity index (χ1) is 7.37. The molecule has 2 aliphatic carbocycles. The summed E-state index contributed by atoms with van der Waals surface area (Å²) in [6.45, 7) is 14.6. The molecule has 2 aliphatic rings. The second kappa shape index (κ2) is 4.03. The smallest absolute Gasteiger partial charge is 0.0258 e. The topological polar surface area (TPSA) is 0 Å². The summed E-state index contributed by atoms with van der Waals surface area (Å²) in [4.78, 5) is 0. The van der Waals surface area contributed by atoms with E-state index >= 15 is 0 Å². The summed E-state index contributed by atoms with van der Waals surface area (Å²) >= 11 is 0. The monoisotopic (exact) mass is 222 g/mol. The third-order valence-corrected chi connectivity index (χ3v) is 5.60. The minimum Gasteiger partial charge on any atom is -0.0625 e.